The van der Waals surface area contributed by atoms with E-state index in [1.54, 1.807) is 13.8 Å². The molecule has 1 nitrogen and oxygen atoms in total. The first-order valence-electron chi connectivity index (χ1n) is 5.79. The molecule has 0 unspecified atom stereocenters. The van der Waals surface area contributed by atoms with Gasteiger partial charge in [0.15, 0.2) is 0 Å². The predicted molar refractivity (Wildman–Crippen MR) is 74.6 cm³/mol. The van der Waals surface area contributed by atoms with Crippen LogP contribution < -0.4 is 4.74 Å². The van der Waals surface area contributed by atoms with Gasteiger partial charge in [0.05, 0.1) is 0 Å². The summed E-state index contributed by atoms with van der Waals surface area (Å²) in [6.45, 7) is 2.86. The van der Waals surface area contributed by atoms with Crippen molar-refractivity contribution in [3.8, 4) is 5.75 Å². The Morgan fingerprint density at radius 1 is 1.33 bits per heavy atom. The van der Waals surface area contributed by atoms with E-state index in [-0.39, 0.29) is 5.75 Å². The third kappa shape index (κ3) is 4.09. The summed E-state index contributed by atoms with van der Waals surface area (Å²) in [6, 6.07) is 3.73. The van der Waals surface area contributed by atoms with Gasteiger partial charge in [0.25, 0.3) is 0 Å². The quantitative estimate of drug-likeness (QED) is 0.687. The van der Waals surface area contributed by atoms with E-state index in [0.29, 0.717) is 0 Å². The molecule has 0 N–H and O–H groups in total. The summed E-state index contributed by atoms with van der Waals surface area (Å²) in [4.78, 5) is 0. The molecule has 0 aromatic heterocycles. The summed E-state index contributed by atoms with van der Waals surface area (Å²) in [6.07, 6.45) is 3.03. The highest BCUT2D eigenvalue weighted by atomic mass is 79.9. The number of rotatable bonds is 5. The SMILES string of the molecule is CCC(=Cc1cc(C)c(OC(F)F)c(C)c1)CBr. The molecule has 0 amide bonds. The molecule has 18 heavy (non-hydrogen) atoms. The van der Waals surface area contributed by atoms with Crippen molar-refractivity contribution in [2.24, 2.45) is 0 Å². The fraction of sp³-hybridized carbons (Fsp3) is 0.429. The van der Waals surface area contributed by atoms with Gasteiger partial charge in [-0.3, -0.25) is 0 Å². The first-order chi connectivity index (χ1) is 8.47. The van der Waals surface area contributed by atoms with Crippen LogP contribution in [0.4, 0.5) is 8.78 Å². The second kappa shape index (κ2) is 6.88. The zero-order chi connectivity index (χ0) is 13.7. The van der Waals surface area contributed by atoms with Crippen LogP contribution >= 0.6 is 15.9 Å². The maximum absolute atomic E-state index is 12.3. The number of allylic oxidation sites excluding steroid dienone is 1. The van der Waals surface area contributed by atoms with Crippen LogP contribution in [-0.4, -0.2) is 11.9 Å². The van der Waals surface area contributed by atoms with Crippen LogP contribution in [0.1, 0.15) is 30.0 Å². The summed E-state index contributed by atoms with van der Waals surface area (Å²) in [5, 5.41) is 0.816. The lowest BCUT2D eigenvalue weighted by Gasteiger charge is -2.12. The van der Waals surface area contributed by atoms with E-state index in [2.05, 4.69) is 33.7 Å². The van der Waals surface area contributed by atoms with E-state index in [9.17, 15) is 8.78 Å². The number of hydrogen-bond acceptors (Lipinski definition) is 1. The van der Waals surface area contributed by atoms with E-state index in [1.807, 2.05) is 12.1 Å². The van der Waals surface area contributed by atoms with Crippen LogP contribution in [0.25, 0.3) is 6.08 Å². The van der Waals surface area contributed by atoms with Crippen LogP contribution in [0.5, 0.6) is 5.75 Å². The minimum atomic E-state index is -2.78. The van der Waals surface area contributed by atoms with Crippen LogP contribution in [0.3, 0.4) is 0 Å². The summed E-state index contributed by atoms with van der Waals surface area (Å²) in [5.41, 5.74) is 3.73. The smallest absolute Gasteiger partial charge is 0.387 e. The highest BCUT2D eigenvalue weighted by Crippen LogP contribution is 2.27. The van der Waals surface area contributed by atoms with Crippen molar-refractivity contribution >= 4 is 22.0 Å². The average molecular weight is 319 g/mol. The zero-order valence-corrected chi connectivity index (χ0v) is 12.4. The van der Waals surface area contributed by atoms with Gasteiger partial charge in [-0.2, -0.15) is 8.78 Å². The van der Waals surface area contributed by atoms with Crippen molar-refractivity contribution in [3.05, 3.63) is 34.4 Å². The van der Waals surface area contributed by atoms with Gasteiger partial charge in [0, 0.05) is 5.33 Å². The molecule has 0 radical (unpaired) electrons. The second-order valence-corrected chi connectivity index (χ2v) is 4.71. The van der Waals surface area contributed by atoms with Crippen molar-refractivity contribution in [1.82, 2.24) is 0 Å². The summed E-state index contributed by atoms with van der Waals surface area (Å²) in [5.74, 6) is 0.277. The van der Waals surface area contributed by atoms with Crippen molar-refractivity contribution in [1.29, 1.82) is 0 Å². The summed E-state index contributed by atoms with van der Waals surface area (Å²) < 4.78 is 29.0. The molecular weight excluding hydrogens is 302 g/mol. The standard InChI is InChI=1S/C14H17BrF2O/c1-4-11(8-15)7-12-5-9(2)13(10(3)6-12)18-14(16)17/h5-7,14H,4,8H2,1-3H3. The Morgan fingerprint density at radius 2 is 1.89 bits per heavy atom. The molecule has 1 aromatic carbocycles. The molecule has 100 valence electrons. The lowest BCUT2D eigenvalue weighted by Crippen LogP contribution is -2.05. The van der Waals surface area contributed by atoms with Crippen LogP contribution in [0.2, 0.25) is 0 Å². The molecule has 0 atom stereocenters. The molecule has 0 bridgehead atoms. The molecule has 0 saturated carbocycles. The van der Waals surface area contributed by atoms with Gasteiger partial charge in [-0.05, 0) is 49.1 Å². The fourth-order valence-electron chi connectivity index (χ4n) is 1.81. The minimum absolute atomic E-state index is 0.277. The monoisotopic (exact) mass is 318 g/mol. The molecule has 4 heteroatoms. The molecular formula is C14H17BrF2O. The number of hydrogen-bond donors (Lipinski definition) is 0. The number of halogens is 3. The van der Waals surface area contributed by atoms with E-state index in [1.165, 1.54) is 5.57 Å². The molecule has 0 spiro atoms. The predicted octanol–water partition coefficient (Wildman–Crippen LogP) is 5.09. The first kappa shape index (κ1) is 15.2. The molecule has 0 aliphatic carbocycles. The van der Waals surface area contributed by atoms with Gasteiger partial charge in [0.2, 0.25) is 0 Å². The van der Waals surface area contributed by atoms with Crippen LogP contribution in [0.15, 0.2) is 17.7 Å². The maximum atomic E-state index is 12.3. The first-order valence-corrected chi connectivity index (χ1v) is 6.91. The van der Waals surface area contributed by atoms with Gasteiger partial charge in [-0.25, -0.2) is 0 Å². The van der Waals surface area contributed by atoms with Gasteiger partial charge >= 0.3 is 6.61 Å². The molecule has 0 aliphatic rings. The van der Waals surface area contributed by atoms with Crippen LogP contribution in [-0.2, 0) is 0 Å². The zero-order valence-electron chi connectivity index (χ0n) is 10.8. The van der Waals surface area contributed by atoms with Gasteiger partial charge in [0.1, 0.15) is 5.75 Å². The summed E-state index contributed by atoms with van der Waals surface area (Å²) >= 11 is 3.43. The molecule has 1 rings (SSSR count). The van der Waals surface area contributed by atoms with E-state index < -0.39 is 6.61 Å². The second-order valence-electron chi connectivity index (χ2n) is 4.15. The molecule has 0 saturated heterocycles. The van der Waals surface area contributed by atoms with Crippen LogP contribution in [0, 0.1) is 13.8 Å². The molecule has 0 aliphatic heterocycles. The Morgan fingerprint density at radius 3 is 2.28 bits per heavy atom. The lowest BCUT2D eigenvalue weighted by atomic mass is 10.0. The average Bonchev–Trinajstić information content (AvgIpc) is 2.30. The lowest BCUT2D eigenvalue weighted by molar-refractivity contribution is -0.0507. The van der Waals surface area contributed by atoms with Crippen molar-refractivity contribution in [2.75, 3.05) is 5.33 Å². The Kier molecular flexibility index (Phi) is 5.79. The number of aryl methyl sites for hydroxylation is 2. The van der Waals surface area contributed by atoms with Gasteiger partial charge in [-0.15, -0.1) is 0 Å². The Balaban J connectivity index is 3.10. The Hall–Kier alpha value is -0.900. The minimum Gasteiger partial charge on any atom is -0.434 e. The molecule has 0 heterocycles. The highest BCUT2D eigenvalue weighted by Gasteiger charge is 2.11. The normalized spacial score (nSPS) is 12.1. The third-order valence-corrected chi connectivity index (χ3v) is 3.41. The van der Waals surface area contributed by atoms with Crippen molar-refractivity contribution < 1.29 is 13.5 Å². The van der Waals surface area contributed by atoms with Crippen molar-refractivity contribution in [2.45, 2.75) is 33.8 Å². The highest BCUT2D eigenvalue weighted by molar-refractivity contribution is 9.09. The van der Waals surface area contributed by atoms with Crippen molar-refractivity contribution in [3.63, 3.8) is 0 Å². The Labute approximate surface area is 115 Å². The number of alkyl halides is 3. The largest absolute Gasteiger partial charge is 0.434 e. The third-order valence-electron chi connectivity index (χ3n) is 2.69. The van der Waals surface area contributed by atoms with E-state index in [0.717, 1.165) is 28.4 Å². The molecule has 1 aromatic rings. The topological polar surface area (TPSA) is 9.23 Å². The van der Waals surface area contributed by atoms with E-state index >= 15 is 0 Å². The number of benzene rings is 1. The Bertz CT molecular complexity index is 412. The maximum Gasteiger partial charge on any atom is 0.387 e. The fourth-order valence-corrected chi connectivity index (χ4v) is 2.37. The summed E-state index contributed by atoms with van der Waals surface area (Å²) in [7, 11) is 0. The van der Waals surface area contributed by atoms with Gasteiger partial charge in [-0.1, -0.05) is 34.5 Å². The van der Waals surface area contributed by atoms with E-state index in [4.69, 9.17) is 0 Å². The molecule has 0 fully saturated rings. The number of ether oxygens (including phenoxy) is 1. The van der Waals surface area contributed by atoms with Gasteiger partial charge < -0.3 is 4.74 Å².